The maximum Gasteiger partial charge on any atom is 0.343 e. The molecular weight excluding hydrogens is 406 g/mol. The van der Waals surface area contributed by atoms with Crippen LogP contribution in [-0.4, -0.2) is 80.6 Å². The molecule has 0 saturated carbocycles. The van der Waals surface area contributed by atoms with Gasteiger partial charge in [0.1, 0.15) is 11.9 Å². The molecule has 166 valence electrons. The zero-order valence-corrected chi connectivity index (χ0v) is 17.2. The number of Topliss-reactive ketones (excluding diaryl/α,β-unsaturated/α-hetero) is 1. The second-order valence-corrected chi connectivity index (χ2v) is 9.02. The van der Waals surface area contributed by atoms with E-state index in [0.717, 1.165) is 18.1 Å². The van der Waals surface area contributed by atoms with Gasteiger partial charge in [-0.2, -0.15) is 0 Å². The van der Waals surface area contributed by atoms with Gasteiger partial charge in [-0.15, -0.1) is 0 Å². The highest BCUT2D eigenvalue weighted by Gasteiger charge is 2.72. The van der Waals surface area contributed by atoms with Gasteiger partial charge >= 0.3 is 5.97 Å². The van der Waals surface area contributed by atoms with Gasteiger partial charge < -0.3 is 34.8 Å². The molecule has 1 fully saturated rings. The molecule has 1 aromatic carbocycles. The number of aliphatic hydroxyl groups is 3. The monoisotopic (exact) mass is 431 g/mol. The summed E-state index contributed by atoms with van der Waals surface area (Å²) in [5.41, 5.74) is -0.420. The Morgan fingerprint density at radius 1 is 1.29 bits per heavy atom. The van der Waals surface area contributed by atoms with Gasteiger partial charge in [0.25, 0.3) is 0 Å². The van der Waals surface area contributed by atoms with Gasteiger partial charge in [-0.25, -0.2) is 4.79 Å². The maximum absolute atomic E-state index is 12.4. The van der Waals surface area contributed by atoms with Crippen LogP contribution in [0, 0.1) is 0 Å². The first kappa shape index (κ1) is 20.4. The zero-order valence-electron chi connectivity index (χ0n) is 17.2. The number of likely N-dealkylation sites (N-methyl/N-ethyl adjacent to an activating group) is 1. The second kappa shape index (κ2) is 6.52. The molecule has 5 rings (SSSR count). The number of rotatable bonds is 4. The fourth-order valence-electron chi connectivity index (χ4n) is 5.97. The minimum atomic E-state index is -2.04. The number of ether oxygens (including phenoxy) is 2. The summed E-state index contributed by atoms with van der Waals surface area (Å²) in [6.07, 6.45) is -1.97. The van der Waals surface area contributed by atoms with Crippen molar-refractivity contribution in [2.75, 3.05) is 13.6 Å². The molecule has 1 saturated heterocycles. The van der Waals surface area contributed by atoms with Crippen molar-refractivity contribution in [1.29, 1.82) is 0 Å². The first-order valence-electron chi connectivity index (χ1n) is 10.3. The molecule has 9 nitrogen and oxygen atoms in total. The molecule has 2 unspecified atom stereocenters. The van der Waals surface area contributed by atoms with E-state index in [1.54, 1.807) is 12.1 Å². The van der Waals surface area contributed by atoms with E-state index in [1.165, 1.54) is 0 Å². The molecule has 0 radical (unpaired) electrons. The molecule has 1 aromatic rings. The smallest absolute Gasteiger partial charge is 0.343 e. The number of carbonyl (C=O) groups is 2. The number of aromatic hydroxyl groups is 1. The van der Waals surface area contributed by atoms with Gasteiger partial charge in [0.15, 0.2) is 29.5 Å². The quantitative estimate of drug-likeness (QED) is 0.466. The molecule has 31 heavy (non-hydrogen) atoms. The molecule has 1 spiro atoms. The van der Waals surface area contributed by atoms with Gasteiger partial charge in [-0.1, -0.05) is 6.07 Å². The Kier molecular flexibility index (Phi) is 4.30. The van der Waals surface area contributed by atoms with E-state index in [2.05, 4.69) is 4.90 Å². The van der Waals surface area contributed by atoms with Crippen LogP contribution in [0.3, 0.4) is 0 Å². The molecule has 0 amide bonds. The lowest BCUT2D eigenvalue weighted by atomic mass is 9.50. The predicted molar refractivity (Wildman–Crippen MR) is 105 cm³/mol. The van der Waals surface area contributed by atoms with E-state index < -0.39 is 41.1 Å². The van der Waals surface area contributed by atoms with Crippen molar-refractivity contribution in [3.05, 3.63) is 35.1 Å². The highest BCUT2D eigenvalue weighted by Crippen LogP contribution is 2.65. The lowest BCUT2D eigenvalue weighted by Crippen LogP contribution is -2.74. The number of esters is 1. The van der Waals surface area contributed by atoms with Gasteiger partial charge in [0.05, 0.1) is 11.0 Å². The number of ketones is 1. The molecular formula is C22H25NO8. The van der Waals surface area contributed by atoms with Crippen LogP contribution in [0.4, 0.5) is 0 Å². The van der Waals surface area contributed by atoms with Crippen LogP contribution in [0.5, 0.6) is 11.5 Å². The fourth-order valence-corrected chi connectivity index (χ4v) is 5.97. The molecule has 2 bridgehead atoms. The number of phenolic OH excluding ortho intramolecular Hbond substituents is 1. The normalized spacial score (nSPS) is 34.8. The second-order valence-electron chi connectivity index (χ2n) is 9.02. The molecule has 0 aromatic heterocycles. The minimum absolute atomic E-state index is 0.0556. The van der Waals surface area contributed by atoms with E-state index in [4.69, 9.17) is 9.47 Å². The number of likely N-dealkylation sites (tertiary alicyclic amines) is 1. The summed E-state index contributed by atoms with van der Waals surface area (Å²) in [6.45, 7) is 1.73. The van der Waals surface area contributed by atoms with Crippen molar-refractivity contribution < 1.29 is 39.5 Å². The summed E-state index contributed by atoms with van der Waals surface area (Å²) < 4.78 is 11.5. The highest BCUT2D eigenvalue weighted by molar-refractivity contribution is 5.88. The van der Waals surface area contributed by atoms with E-state index in [-0.39, 0.29) is 29.7 Å². The van der Waals surface area contributed by atoms with E-state index in [1.807, 2.05) is 13.1 Å². The number of hydrogen-bond acceptors (Lipinski definition) is 9. The van der Waals surface area contributed by atoms with E-state index in [0.29, 0.717) is 19.4 Å². The van der Waals surface area contributed by atoms with Gasteiger partial charge in [0.2, 0.25) is 0 Å². The number of aliphatic hydroxyl groups excluding tert-OH is 2. The van der Waals surface area contributed by atoms with Crippen LogP contribution in [0.15, 0.2) is 24.0 Å². The number of benzene rings is 1. The standard InChI is InChI=1S/C22H25NO8/c1-10(24)16(26)17(27)20(28)30-13-5-6-22(29)14-9-11-3-4-12(25)18-15(11)21(22,19(13)31-18)7-8-23(14)2/h3-5,14,16-17,19,25-27,29H,6-9H2,1-2H3/t14-,16-,17+,19?,21?,22-/m1/s1. The third kappa shape index (κ3) is 2.46. The third-order valence-electron chi connectivity index (χ3n) is 7.53. The number of piperidine rings is 1. The van der Waals surface area contributed by atoms with Crippen molar-refractivity contribution in [3.63, 3.8) is 0 Å². The highest BCUT2D eigenvalue weighted by atomic mass is 16.6. The van der Waals surface area contributed by atoms with Crippen LogP contribution >= 0.6 is 0 Å². The fraction of sp³-hybridized carbons (Fsp3) is 0.545. The predicted octanol–water partition coefficient (Wildman–Crippen LogP) is -0.476. The number of hydrogen-bond donors (Lipinski definition) is 4. The lowest BCUT2D eigenvalue weighted by molar-refractivity contribution is -0.175. The molecule has 6 atom stereocenters. The van der Waals surface area contributed by atoms with Crippen molar-refractivity contribution in [2.45, 2.75) is 61.6 Å². The van der Waals surface area contributed by atoms with Crippen molar-refractivity contribution in [2.24, 2.45) is 0 Å². The summed E-state index contributed by atoms with van der Waals surface area (Å²) in [5, 5.41) is 42.2. The number of carbonyl (C=O) groups excluding carboxylic acids is 2. The summed E-state index contributed by atoms with van der Waals surface area (Å²) in [7, 11) is 1.96. The van der Waals surface area contributed by atoms with E-state index >= 15 is 0 Å². The Labute approximate surface area is 178 Å². The molecule has 2 heterocycles. The summed E-state index contributed by atoms with van der Waals surface area (Å²) >= 11 is 0. The van der Waals surface area contributed by atoms with Gasteiger partial charge in [-0.05, 0) is 51.1 Å². The van der Waals surface area contributed by atoms with E-state index in [9.17, 15) is 30.0 Å². The third-order valence-corrected chi connectivity index (χ3v) is 7.53. The van der Waals surface area contributed by atoms with Crippen LogP contribution < -0.4 is 4.74 Å². The Morgan fingerprint density at radius 2 is 2.03 bits per heavy atom. The Balaban J connectivity index is 1.59. The van der Waals surface area contributed by atoms with Crippen LogP contribution in [0.2, 0.25) is 0 Å². The Morgan fingerprint density at radius 3 is 2.74 bits per heavy atom. The first-order chi connectivity index (χ1) is 14.6. The average Bonchev–Trinajstić information content (AvgIpc) is 3.09. The zero-order chi connectivity index (χ0) is 22.3. The molecule has 2 aliphatic carbocycles. The topological polar surface area (TPSA) is 137 Å². The number of nitrogens with zero attached hydrogens (tertiary/aromatic N) is 1. The van der Waals surface area contributed by atoms with Crippen LogP contribution in [0.25, 0.3) is 0 Å². The molecule has 4 aliphatic rings. The largest absolute Gasteiger partial charge is 0.504 e. The lowest BCUT2D eigenvalue weighted by Gasteiger charge is -2.61. The van der Waals surface area contributed by atoms with Gasteiger partial charge in [0, 0.05) is 18.0 Å². The molecule has 2 aliphatic heterocycles. The molecule has 4 N–H and O–H groups in total. The summed E-state index contributed by atoms with van der Waals surface area (Å²) in [5.74, 6) is -1.63. The summed E-state index contributed by atoms with van der Waals surface area (Å²) in [6, 6.07) is 3.21. The van der Waals surface area contributed by atoms with Gasteiger partial charge in [-0.3, -0.25) is 4.79 Å². The van der Waals surface area contributed by atoms with Crippen molar-refractivity contribution >= 4 is 11.8 Å². The van der Waals surface area contributed by atoms with Crippen molar-refractivity contribution in [3.8, 4) is 11.5 Å². The molecule has 9 heteroatoms. The number of phenols is 1. The van der Waals surface area contributed by atoms with Crippen molar-refractivity contribution in [1.82, 2.24) is 4.90 Å². The van der Waals surface area contributed by atoms with Crippen LogP contribution in [0.1, 0.15) is 30.9 Å². The maximum atomic E-state index is 12.4. The average molecular weight is 431 g/mol. The minimum Gasteiger partial charge on any atom is -0.504 e. The first-order valence-corrected chi connectivity index (χ1v) is 10.3. The summed E-state index contributed by atoms with van der Waals surface area (Å²) in [4.78, 5) is 25.9. The van der Waals surface area contributed by atoms with Crippen LogP contribution in [-0.2, 0) is 26.2 Å². The Hall–Kier alpha value is -2.46. The Bertz CT molecular complexity index is 1020. The SMILES string of the molecule is CC(=O)[C@@H](O)[C@H](O)C(=O)OC1=CC[C@@]2(O)[C@H]3Cc4ccc(O)c5c4C2(CCN3C)C1O5.